The molecule has 7 nitrogen and oxygen atoms in total. The number of aldehydes is 1. The van der Waals surface area contributed by atoms with Crippen LogP contribution in [0.25, 0.3) is 0 Å². The van der Waals surface area contributed by atoms with Crippen molar-refractivity contribution in [2.24, 2.45) is 0 Å². The highest BCUT2D eigenvalue weighted by molar-refractivity contribution is 6.30. The van der Waals surface area contributed by atoms with Gasteiger partial charge in [0, 0.05) is 21.7 Å². The predicted molar refractivity (Wildman–Crippen MR) is 166 cm³/mol. The third kappa shape index (κ3) is 6.47. The SMILES string of the molecule is COC(=O)c1c(C)c(Oc2c(C)c(C)c(C=O)c(OC)c2C)c(OCc2ccccc2)c(C)c1OCc1ccc(Cl)cc1. The van der Waals surface area contributed by atoms with Crippen LogP contribution in [0.4, 0.5) is 0 Å². The number of hydrogen-bond donors (Lipinski definition) is 0. The average molecular weight is 603 g/mol. The fourth-order valence-electron chi connectivity index (χ4n) is 4.99. The van der Waals surface area contributed by atoms with Crippen LogP contribution in [0, 0.1) is 34.6 Å². The van der Waals surface area contributed by atoms with Crippen molar-refractivity contribution in [3.63, 3.8) is 0 Å². The third-order valence-electron chi connectivity index (χ3n) is 7.50. The molecule has 0 fully saturated rings. The summed E-state index contributed by atoms with van der Waals surface area (Å²) in [6, 6.07) is 17.0. The van der Waals surface area contributed by atoms with Crippen molar-refractivity contribution in [1.29, 1.82) is 0 Å². The summed E-state index contributed by atoms with van der Waals surface area (Å²) in [6.45, 7) is 9.55. The van der Waals surface area contributed by atoms with E-state index in [9.17, 15) is 9.59 Å². The standard InChI is InChI=1S/C35H35ClO7/c1-20-21(2)30(23(4)31(39-6)28(20)17-37)43-34-22(3)29(35(38)40-7)32(41-19-26-13-15-27(36)16-14-26)24(5)33(34)42-18-25-11-9-8-10-12-25/h8-17H,18-19H2,1-7H3. The molecule has 0 N–H and O–H groups in total. The van der Waals surface area contributed by atoms with Gasteiger partial charge in [-0.2, -0.15) is 0 Å². The van der Waals surface area contributed by atoms with E-state index in [1.165, 1.54) is 14.2 Å². The molecule has 0 atom stereocenters. The molecule has 0 aromatic heterocycles. The van der Waals surface area contributed by atoms with Crippen molar-refractivity contribution in [2.45, 2.75) is 47.8 Å². The number of rotatable bonds is 11. The van der Waals surface area contributed by atoms with E-state index >= 15 is 0 Å². The number of halogens is 1. The number of carbonyl (C=O) groups excluding carboxylic acids is 2. The Morgan fingerprint density at radius 3 is 1.84 bits per heavy atom. The van der Waals surface area contributed by atoms with Crippen LogP contribution in [0.1, 0.15) is 59.7 Å². The Kier molecular flexibility index (Phi) is 9.99. The Bertz CT molecular complexity index is 1640. The molecule has 224 valence electrons. The molecule has 0 radical (unpaired) electrons. The van der Waals surface area contributed by atoms with Crippen molar-refractivity contribution in [1.82, 2.24) is 0 Å². The number of esters is 1. The maximum absolute atomic E-state index is 13.3. The first-order valence-electron chi connectivity index (χ1n) is 13.7. The van der Waals surface area contributed by atoms with Gasteiger partial charge < -0.3 is 23.7 Å². The largest absolute Gasteiger partial charge is 0.496 e. The van der Waals surface area contributed by atoms with Crippen LogP contribution >= 0.6 is 11.6 Å². The van der Waals surface area contributed by atoms with E-state index in [1.807, 2.05) is 70.2 Å². The highest BCUT2D eigenvalue weighted by Gasteiger charge is 2.30. The van der Waals surface area contributed by atoms with Gasteiger partial charge in [0.15, 0.2) is 17.8 Å². The van der Waals surface area contributed by atoms with Crippen molar-refractivity contribution < 1.29 is 33.3 Å². The lowest BCUT2D eigenvalue weighted by Gasteiger charge is -2.25. The van der Waals surface area contributed by atoms with E-state index in [0.29, 0.717) is 56.0 Å². The molecule has 4 aromatic carbocycles. The first kappa shape index (κ1) is 31.4. The van der Waals surface area contributed by atoms with Crippen LogP contribution in [-0.4, -0.2) is 26.5 Å². The Labute approximate surface area is 257 Å². The molecule has 0 aliphatic carbocycles. The second-order valence-corrected chi connectivity index (χ2v) is 10.6. The molecule has 4 aromatic rings. The van der Waals surface area contributed by atoms with Gasteiger partial charge in [-0.15, -0.1) is 0 Å². The lowest BCUT2D eigenvalue weighted by atomic mass is 9.97. The average Bonchev–Trinajstić information content (AvgIpc) is 3.01. The number of benzene rings is 4. The Morgan fingerprint density at radius 2 is 1.26 bits per heavy atom. The van der Waals surface area contributed by atoms with Gasteiger partial charge in [-0.1, -0.05) is 54.1 Å². The van der Waals surface area contributed by atoms with Crippen molar-refractivity contribution in [3.05, 3.63) is 110 Å². The Morgan fingerprint density at radius 1 is 0.674 bits per heavy atom. The quantitative estimate of drug-likeness (QED) is 0.126. The van der Waals surface area contributed by atoms with Crippen LogP contribution in [0.15, 0.2) is 54.6 Å². The number of methoxy groups -OCH3 is 2. The van der Waals surface area contributed by atoms with Gasteiger partial charge in [0.2, 0.25) is 0 Å². The topological polar surface area (TPSA) is 80.3 Å². The lowest BCUT2D eigenvalue weighted by molar-refractivity contribution is 0.0593. The molecule has 0 heterocycles. The van der Waals surface area contributed by atoms with Crippen LogP contribution in [-0.2, 0) is 18.0 Å². The maximum atomic E-state index is 13.3. The van der Waals surface area contributed by atoms with E-state index < -0.39 is 5.97 Å². The van der Waals surface area contributed by atoms with Gasteiger partial charge in [0.05, 0.1) is 19.8 Å². The second kappa shape index (κ2) is 13.7. The monoisotopic (exact) mass is 602 g/mol. The molecule has 0 saturated carbocycles. The van der Waals surface area contributed by atoms with E-state index in [4.69, 9.17) is 35.3 Å². The minimum absolute atomic E-state index is 0.182. The molecule has 0 aliphatic rings. The smallest absolute Gasteiger partial charge is 0.342 e. The van der Waals surface area contributed by atoms with Gasteiger partial charge in [0.25, 0.3) is 0 Å². The predicted octanol–water partition coefficient (Wildman–Crippen LogP) is 8.44. The highest BCUT2D eigenvalue weighted by Crippen LogP contribution is 2.48. The summed E-state index contributed by atoms with van der Waals surface area (Å²) in [5.41, 5.74) is 5.66. The van der Waals surface area contributed by atoms with E-state index in [0.717, 1.165) is 28.5 Å². The van der Waals surface area contributed by atoms with Crippen molar-refractivity contribution in [3.8, 4) is 28.7 Å². The zero-order chi connectivity index (χ0) is 31.3. The summed E-state index contributed by atoms with van der Waals surface area (Å²) < 4.78 is 30.2. The van der Waals surface area contributed by atoms with Gasteiger partial charge in [-0.25, -0.2) is 4.79 Å². The summed E-state index contributed by atoms with van der Waals surface area (Å²) in [7, 11) is 2.83. The molecule has 0 amide bonds. The van der Waals surface area contributed by atoms with E-state index in [2.05, 4.69) is 0 Å². The van der Waals surface area contributed by atoms with Gasteiger partial charge in [-0.3, -0.25) is 4.79 Å². The number of hydrogen-bond acceptors (Lipinski definition) is 7. The molecular weight excluding hydrogens is 568 g/mol. The Balaban J connectivity index is 1.92. The van der Waals surface area contributed by atoms with Gasteiger partial charge in [-0.05, 0) is 69.0 Å². The number of carbonyl (C=O) groups is 2. The third-order valence-corrected chi connectivity index (χ3v) is 7.75. The lowest BCUT2D eigenvalue weighted by Crippen LogP contribution is -2.13. The minimum atomic E-state index is -0.579. The summed E-state index contributed by atoms with van der Waals surface area (Å²) in [6.07, 6.45) is 0.782. The molecule has 0 aliphatic heterocycles. The summed E-state index contributed by atoms with van der Waals surface area (Å²) >= 11 is 6.06. The van der Waals surface area contributed by atoms with E-state index in [-0.39, 0.29) is 18.8 Å². The van der Waals surface area contributed by atoms with Crippen LogP contribution in [0.5, 0.6) is 28.7 Å². The first-order chi connectivity index (χ1) is 20.6. The molecule has 0 spiro atoms. The highest BCUT2D eigenvalue weighted by atomic mass is 35.5. The van der Waals surface area contributed by atoms with Crippen LogP contribution < -0.4 is 18.9 Å². The molecular formula is C35H35ClO7. The minimum Gasteiger partial charge on any atom is -0.496 e. The van der Waals surface area contributed by atoms with Crippen molar-refractivity contribution in [2.75, 3.05) is 14.2 Å². The fourth-order valence-corrected chi connectivity index (χ4v) is 5.12. The van der Waals surface area contributed by atoms with E-state index in [1.54, 1.807) is 19.1 Å². The van der Waals surface area contributed by atoms with Crippen molar-refractivity contribution >= 4 is 23.9 Å². The first-order valence-corrected chi connectivity index (χ1v) is 14.1. The molecule has 0 unspecified atom stereocenters. The van der Waals surface area contributed by atoms with Gasteiger partial charge >= 0.3 is 5.97 Å². The summed E-state index contributed by atoms with van der Waals surface area (Å²) in [4.78, 5) is 25.2. The number of ether oxygens (including phenoxy) is 5. The molecule has 43 heavy (non-hydrogen) atoms. The zero-order valence-electron chi connectivity index (χ0n) is 25.4. The summed E-state index contributed by atoms with van der Waals surface area (Å²) in [5, 5.41) is 0.614. The van der Waals surface area contributed by atoms with Gasteiger partial charge in [0.1, 0.15) is 36.0 Å². The zero-order valence-corrected chi connectivity index (χ0v) is 26.2. The summed E-state index contributed by atoms with van der Waals surface area (Å²) in [5.74, 6) is 1.41. The molecule has 8 heteroatoms. The fraction of sp³-hybridized carbons (Fsp3) is 0.257. The maximum Gasteiger partial charge on any atom is 0.342 e. The van der Waals surface area contributed by atoms with Crippen LogP contribution in [0.2, 0.25) is 5.02 Å². The van der Waals surface area contributed by atoms with Crippen LogP contribution in [0.3, 0.4) is 0 Å². The molecule has 4 rings (SSSR count). The molecule has 0 saturated heterocycles. The second-order valence-electron chi connectivity index (χ2n) is 10.2. The normalized spacial score (nSPS) is 10.7. The Hall–Kier alpha value is -4.49. The molecule has 0 bridgehead atoms.